The Hall–Kier alpha value is -3.78. The summed E-state index contributed by atoms with van der Waals surface area (Å²) in [5.41, 5.74) is 14.6. The molecule has 0 saturated carbocycles. The molecule has 3 aromatic rings. The number of likely N-dealkylation sites (tertiary alicyclic amines) is 1. The number of imidazole rings is 1. The third-order valence-corrected chi connectivity index (χ3v) is 6.99. The Kier molecular flexibility index (Phi) is 5.32. The van der Waals surface area contributed by atoms with Crippen LogP contribution in [-0.2, 0) is 11.3 Å². The van der Waals surface area contributed by atoms with Crippen molar-refractivity contribution in [2.75, 3.05) is 36.8 Å². The minimum absolute atomic E-state index is 0.124. The summed E-state index contributed by atoms with van der Waals surface area (Å²) < 4.78 is 16.4. The number of halogens is 1. The number of fused-ring (bicyclic) bond motifs is 1. The third kappa shape index (κ3) is 3.60. The maximum absolute atomic E-state index is 14.6. The predicted molar refractivity (Wildman–Crippen MR) is 124 cm³/mol. The molecule has 176 valence electrons. The van der Waals surface area contributed by atoms with Crippen molar-refractivity contribution < 1.29 is 9.18 Å². The van der Waals surface area contributed by atoms with Gasteiger partial charge >= 0.3 is 0 Å². The molecule has 0 bridgehead atoms. The quantitative estimate of drug-likeness (QED) is 0.587. The van der Waals surface area contributed by atoms with Gasteiger partial charge in [-0.3, -0.25) is 4.79 Å². The van der Waals surface area contributed by atoms with Crippen LogP contribution in [0.4, 0.5) is 15.9 Å². The molecule has 2 aliphatic heterocycles. The zero-order chi connectivity index (χ0) is 24.0. The highest BCUT2D eigenvalue weighted by Crippen LogP contribution is 2.34. The van der Waals surface area contributed by atoms with E-state index in [2.05, 4.69) is 21.0 Å². The predicted octanol–water partition coefficient (Wildman–Crippen LogP) is 1.18. The van der Waals surface area contributed by atoms with Crippen LogP contribution >= 0.6 is 0 Å². The lowest BCUT2D eigenvalue weighted by atomic mass is 9.98. The fourth-order valence-electron chi connectivity index (χ4n) is 4.97. The van der Waals surface area contributed by atoms with Gasteiger partial charge in [0.1, 0.15) is 23.2 Å². The highest BCUT2D eigenvalue weighted by molar-refractivity contribution is 5.88. The monoisotopic (exact) mass is 463 g/mol. The van der Waals surface area contributed by atoms with Crippen molar-refractivity contribution in [1.82, 2.24) is 24.4 Å². The summed E-state index contributed by atoms with van der Waals surface area (Å²) in [6.07, 6.45) is 4.15. The molecule has 2 aliphatic rings. The first-order valence-corrected chi connectivity index (χ1v) is 11.2. The van der Waals surface area contributed by atoms with E-state index in [0.29, 0.717) is 62.3 Å². The largest absolute Gasteiger partial charge is 0.382 e. The molecular formula is C23H26FN9O. The molecule has 0 spiro atoms. The van der Waals surface area contributed by atoms with Crippen LogP contribution in [0.5, 0.6) is 0 Å². The Balaban J connectivity index is 1.44. The van der Waals surface area contributed by atoms with Gasteiger partial charge in [0.05, 0.1) is 24.9 Å². The van der Waals surface area contributed by atoms with Crippen LogP contribution in [0.15, 0.2) is 24.8 Å². The zero-order valence-corrected chi connectivity index (χ0v) is 18.9. The lowest BCUT2D eigenvalue weighted by molar-refractivity contribution is -0.135. The number of nitriles is 1. The molecule has 0 aliphatic carbocycles. The number of nitrogens with two attached hydrogens (primary N) is 2. The van der Waals surface area contributed by atoms with Gasteiger partial charge in [-0.2, -0.15) is 5.26 Å². The smallest absolute Gasteiger partial charge is 0.244 e. The van der Waals surface area contributed by atoms with Crippen molar-refractivity contribution in [3.05, 3.63) is 41.7 Å². The van der Waals surface area contributed by atoms with E-state index in [1.807, 2.05) is 9.47 Å². The van der Waals surface area contributed by atoms with Crippen LogP contribution in [0.1, 0.15) is 24.0 Å². The van der Waals surface area contributed by atoms with E-state index in [1.165, 1.54) is 12.4 Å². The van der Waals surface area contributed by atoms with Gasteiger partial charge in [0.25, 0.3) is 0 Å². The highest BCUT2D eigenvalue weighted by atomic mass is 19.1. The average molecular weight is 464 g/mol. The normalized spacial score (nSPS) is 22.5. The number of aromatic nitrogens is 4. The average Bonchev–Trinajstić information content (AvgIpc) is 3.56. The summed E-state index contributed by atoms with van der Waals surface area (Å²) in [5, 5.41) is 9.17. The number of nitrogen functional groups attached to an aromatic ring is 1. The molecule has 4 heterocycles. The van der Waals surface area contributed by atoms with Gasteiger partial charge in [0.2, 0.25) is 5.91 Å². The van der Waals surface area contributed by atoms with Gasteiger partial charge in [-0.15, -0.1) is 0 Å². The Morgan fingerprint density at radius 3 is 2.91 bits per heavy atom. The summed E-state index contributed by atoms with van der Waals surface area (Å²) >= 11 is 0. The fraction of sp³-hybridized carbons (Fsp3) is 0.435. The maximum Gasteiger partial charge on any atom is 0.244 e. The van der Waals surface area contributed by atoms with Crippen LogP contribution < -0.4 is 16.4 Å². The zero-order valence-electron chi connectivity index (χ0n) is 18.9. The second-order valence-corrected chi connectivity index (χ2v) is 9.17. The van der Waals surface area contributed by atoms with E-state index >= 15 is 0 Å². The number of rotatable bonds is 4. The molecule has 2 fully saturated rings. The van der Waals surface area contributed by atoms with Crippen LogP contribution in [0.2, 0.25) is 0 Å². The lowest BCUT2D eigenvalue weighted by Gasteiger charge is -2.30. The summed E-state index contributed by atoms with van der Waals surface area (Å²) in [5.74, 6) is -0.294. The van der Waals surface area contributed by atoms with E-state index in [1.54, 1.807) is 24.2 Å². The van der Waals surface area contributed by atoms with Crippen LogP contribution in [0, 0.1) is 30.0 Å². The van der Waals surface area contributed by atoms with E-state index in [4.69, 9.17) is 11.5 Å². The number of carbonyl (C=O) groups is 1. The number of nitrogens with zero attached hydrogens (tertiary/aromatic N) is 7. The van der Waals surface area contributed by atoms with Crippen LogP contribution in [0.3, 0.4) is 0 Å². The molecule has 11 heteroatoms. The summed E-state index contributed by atoms with van der Waals surface area (Å²) in [4.78, 5) is 29.5. The SMILES string of the molecule is Cc1c(F)ccc(N2CC[C@](N)(C(=O)N3CCC(C#N)C3)C2)c1Cn1cnc2c(N)ncnc21. The maximum atomic E-state index is 14.6. The van der Waals surface area contributed by atoms with Gasteiger partial charge < -0.3 is 25.8 Å². The number of amides is 1. The molecule has 2 atom stereocenters. The van der Waals surface area contributed by atoms with Crippen molar-refractivity contribution in [3.8, 4) is 6.07 Å². The minimum Gasteiger partial charge on any atom is -0.382 e. The summed E-state index contributed by atoms with van der Waals surface area (Å²) in [6, 6.07) is 5.41. The Morgan fingerprint density at radius 2 is 2.15 bits per heavy atom. The number of anilines is 2. The Bertz CT molecular complexity index is 1320. The van der Waals surface area contributed by atoms with Gasteiger partial charge in [0, 0.05) is 37.4 Å². The van der Waals surface area contributed by atoms with Gasteiger partial charge in [-0.05, 0) is 37.5 Å². The van der Waals surface area contributed by atoms with Gasteiger partial charge in [-0.25, -0.2) is 19.3 Å². The molecule has 10 nitrogen and oxygen atoms in total. The summed E-state index contributed by atoms with van der Waals surface area (Å²) in [7, 11) is 0. The second-order valence-electron chi connectivity index (χ2n) is 9.17. The van der Waals surface area contributed by atoms with Crippen LogP contribution in [0.25, 0.3) is 11.2 Å². The fourth-order valence-corrected chi connectivity index (χ4v) is 4.97. The number of benzene rings is 1. The van der Waals surface area contributed by atoms with Crippen molar-refractivity contribution in [2.24, 2.45) is 11.7 Å². The first-order valence-electron chi connectivity index (χ1n) is 11.2. The summed E-state index contributed by atoms with van der Waals surface area (Å²) in [6.45, 7) is 3.92. The van der Waals surface area contributed by atoms with E-state index in [0.717, 1.165) is 11.3 Å². The molecule has 0 radical (unpaired) electrons. The van der Waals surface area contributed by atoms with E-state index in [-0.39, 0.29) is 23.5 Å². The van der Waals surface area contributed by atoms with Crippen LogP contribution in [-0.4, -0.2) is 62.0 Å². The lowest BCUT2D eigenvalue weighted by Crippen LogP contribution is -2.56. The Labute approximate surface area is 196 Å². The molecule has 2 aromatic heterocycles. The molecule has 2 saturated heterocycles. The first kappa shape index (κ1) is 22.0. The third-order valence-electron chi connectivity index (χ3n) is 6.99. The van der Waals surface area contributed by atoms with Gasteiger partial charge in [0.15, 0.2) is 11.5 Å². The molecule has 4 N–H and O–H groups in total. The Morgan fingerprint density at radius 1 is 1.32 bits per heavy atom. The van der Waals surface area contributed by atoms with E-state index < -0.39 is 5.54 Å². The number of hydrogen-bond donors (Lipinski definition) is 2. The first-order chi connectivity index (χ1) is 16.3. The standard InChI is InChI=1S/C23H26FN9O/c1-14-16(10-33-13-30-19-20(26)28-12-29-21(19)33)18(3-2-17(14)24)32-7-5-23(27,11-32)22(34)31-6-4-15(8-25)9-31/h2-3,12-13,15H,4-7,9-11,27H2,1H3,(H2,26,28,29)/t15?,23-/m1/s1. The molecule has 1 aromatic carbocycles. The topological polar surface area (TPSA) is 143 Å². The van der Waals surface area contributed by atoms with Crippen molar-refractivity contribution in [2.45, 2.75) is 31.8 Å². The van der Waals surface area contributed by atoms with Crippen molar-refractivity contribution >= 4 is 28.6 Å². The highest BCUT2D eigenvalue weighted by Gasteiger charge is 2.45. The van der Waals surface area contributed by atoms with E-state index in [9.17, 15) is 14.4 Å². The molecule has 34 heavy (non-hydrogen) atoms. The molecular weight excluding hydrogens is 437 g/mol. The number of carbonyl (C=O) groups excluding carboxylic acids is 1. The molecule has 1 unspecified atom stereocenters. The van der Waals surface area contributed by atoms with Crippen molar-refractivity contribution in [3.63, 3.8) is 0 Å². The van der Waals surface area contributed by atoms with Gasteiger partial charge in [-0.1, -0.05) is 0 Å². The molecule has 5 rings (SSSR count). The van der Waals surface area contributed by atoms with Crippen molar-refractivity contribution in [1.29, 1.82) is 5.26 Å². The second kappa shape index (κ2) is 8.22. The molecule has 1 amide bonds. The number of hydrogen-bond acceptors (Lipinski definition) is 8. The minimum atomic E-state index is -1.05.